The molecule has 0 aromatic heterocycles. The van der Waals surface area contributed by atoms with Crippen molar-refractivity contribution in [2.45, 2.75) is 26.3 Å². The van der Waals surface area contributed by atoms with Crippen LogP contribution in [0, 0.1) is 0 Å². The van der Waals surface area contributed by atoms with Gasteiger partial charge < -0.3 is 16.0 Å². The number of carbonyl (C=O) groups excluding carboxylic acids is 1. The molecule has 0 aliphatic heterocycles. The van der Waals surface area contributed by atoms with Gasteiger partial charge in [0.1, 0.15) is 0 Å². The number of nitrogens with one attached hydrogen (secondary N) is 3. The van der Waals surface area contributed by atoms with E-state index in [2.05, 4.69) is 22.5 Å². The van der Waals surface area contributed by atoms with Crippen LogP contribution in [0.5, 0.6) is 0 Å². The first kappa shape index (κ1) is 16.2. The predicted molar refractivity (Wildman–Crippen MR) is 88.1 cm³/mol. The number of para-hydroxylation sites is 1. The van der Waals surface area contributed by atoms with E-state index < -0.39 is 0 Å². The van der Waals surface area contributed by atoms with E-state index in [1.807, 2.05) is 32.0 Å². The molecule has 4 nitrogen and oxygen atoms in total. The summed E-state index contributed by atoms with van der Waals surface area (Å²) in [5, 5.41) is 9.41. The molecular formula is C15H21N3OS. The van der Waals surface area contributed by atoms with E-state index in [0.717, 1.165) is 6.42 Å². The zero-order valence-electron chi connectivity index (χ0n) is 11.9. The lowest BCUT2D eigenvalue weighted by molar-refractivity contribution is 0.0940. The van der Waals surface area contributed by atoms with Gasteiger partial charge in [-0.15, -0.1) is 6.58 Å². The standard InChI is InChI=1S/C15H21N3OS/c1-4-10-16-15(20)18-13-9-7-6-8-12(13)14(19)17-11(3)5-2/h4,6-9,11H,1,5,10H2,2-3H3,(H,17,19)(H2,16,18,20). The van der Waals surface area contributed by atoms with E-state index in [1.165, 1.54) is 0 Å². The van der Waals surface area contributed by atoms with Crippen molar-refractivity contribution in [3.8, 4) is 0 Å². The maximum atomic E-state index is 12.2. The van der Waals surface area contributed by atoms with Crippen molar-refractivity contribution in [2.75, 3.05) is 11.9 Å². The Kier molecular flexibility index (Phi) is 6.73. The minimum absolute atomic E-state index is 0.103. The fraction of sp³-hybridized carbons (Fsp3) is 0.333. The van der Waals surface area contributed by atoms with Crippen LogP contribution in [0.25, 0.3) is 0 Å². The molecular weight excluding hydrogens is 270 g/mol. The van der Waals surface area contributed by atoms with E-state index in [4.69, 9.17) is 12.2 Å². The highest BCUT2D eigenvalue weighted by atomic mass is 32.1. The molecule has 3 N–H and O–H groups in total. The Morgan fingerprint density at radius 3 is 2.80 bits per heavy atom. The summed E-state index contributed by atoms with van der Waals surface area (Å²) in [6, 6.07) is 7.43. The first-order valence-electron chi connectivity index (χ1n) is 6.64. The lowest BCUT2D eigenvalue weighted by Gasteiger charge is -2.15. The molecule has 0 saturated heterocycles. The summed E-state index contributed by atoms with van der Waals surface area (Å²) in [5.41, 5.74) is 1.27. The Morgan fingerprint density at radius 2 is 2.15 bits per heavy atom. The van der Waals surface area contributed by atoms with Crippen LogP contribution in [0.3, 0.4) is 0 Å². The summed E-state index contributed by atoms with van der Waals surface area (Å²) in [5.74, 6) is -0.103. The molecule has 1 rings (SSSR count). The highest BCUT2D eigenvalue weighted by molar-refractivity contribution is 7.80. The van der Waals surface area contributed by atoms with Crippen molar-refractivity contribution in [3.05, 3.63) is 42.5 Å². The first-order valence-corrected chi connectivity index (χ1v) is 7.05. The van der Waals surface area contributed by atoms with Gasteiger partial charge in [-0.1, -0.05) is 25.1 Å². The van der Waals surface area contributed by atoms with Crippen LogP contribution in [-0.4, -0.2) is 23.6 Å². The lowest BCUT2D eigenvalue weighted by atomic mass is 10.1. The summed E-state index contributed by atoms with van der Waals surface area (Å²) < 4.78 is 0. The topological polar surface area (TPSA) is 53.2 Å². The smallest absolute Gasteiger partial charge is 0.253 e. The Labute approximate surface area is 125 Å². The number of carbonyl (C=O) groups is 1. The van der Waals surface area contributed by atoms with Crippen LogP contribution in [0.15, 0.2) is 36.9 Å². The number of benzene rings is 1. The molecule has 0 fully saturated rings. The van der Waals surface area contributed by atoms with Gasteiger partial charge in [0.05, 0.1) is 11.3 Å². The maximum Gasteiger partial charge on any atom is 0.253 e. The summed E-state index contributed by atoms with van der Waals surface area (Å²) >= 11 is 5.16. The lowest BCUT2D eigenvalue weighted by Crippen LogP contribution is -2.33. The van der Waals surface area contributed by atoms with Gasteiger partial charge in [-0.3, -0.25) is 4.79 Å². The van der Waals surface area contributed by atoms with Crippen molar-refractivity contribution in [1.82, 2.24) is 10.6 Å². The Morgan fingerprint density at radius 1 is 1.45 bits per heavy atom. The van der Waals surface area contributed by atoms with Crippen LogP contribution < -0.4 is 16.0 Å². The number of amides is 1. The monoisotopic (exact) mass is 291 g/mol. The van der Waals surface area contributed by atoms with Crippen molar-refractivity contribution in [1.29, 1.82) is 0 Å². The summed E-state index contributed by atoms with van der Waals surface area (Å²) in [6.07, 6.45) is 2.61. The molecule has 5 heteroatoms. The molecule has 0 aliphatic rings. The number of anilines is 1. The Balaban J connectivity index is 2.79. The number of thiocarbonyl (C=S) groups is 1. The van der Waals surface area contributed by atoms with Gasteiger partial charge in [-0.2, -0.15) is 0 Å². The Hall–Kier alpha value is -1.88. The molecule has 0 bridgehead atoms. The maximum absolute atomic E-state index is 12.2. The Bertz CT molecular complexity index is 488. The molecule has 1 amide bonds. The molecule has 0 spiro atoms. The van der Waals surface area contributed by atoms with E-state index >= 15 is 0 Å². The molecule has 1 aromatic carbocycles. The molecule has 1 atom stereocenters. The molecule has 1 aromatic rings. The van der Waals surface area contributed by atoms with Gasteiger partial charge in [0.25, 0.3) is 5.91 Å². The zero-order chi connectivity index (χ0) is 15.0. The van der Waals surface area contributed by atoms with Crippen LogP contribution >= 0.6 is 12.2 Å². The van der Waals surface area contributed by atoms with Crippen molar-refractivity contribution < 1.29 is 4.79 Å². The van der Waals surface area contributed by atoms with Gasteiger partial charge in [-0.05, 0) is 37.7 Å². The average molecular weight is 291 g/mol. The molecule has 0 aliphatic carbocycles. The number of hydrogen-bond donors (Lipinski definition) is 3. The molecule has 108 valence electrons. The predicted octanol–water partition coefficient (Wildman–Crippen LogP) is 2.69. The normalized spacial score (nSPS) is 11.3. The van der Waals surface area contributed by atoms with E-state index in [1.54, 1.807) is 12.1 Å². The summed E-state index contributed by atoms with van der Waals surface area (Å²) in [6.45, 7) is 8.20. The van der Waals surface area contributed by atoms with Gasteiger partial charge in [0.2, 0.25) is 0 Å². The quantitative estimate of drug-likeness (QED) is 0.557. The van der Waals surface area contributed by atoms with Gasteiger partial charge in [0, 0.05) is 12.6 Å². The van der Waals surface area contributed by atoms with Gasteiger partial charge in [0.15, 0.2) is 5.11 Å². The second-order valence-electron chi connectivity index (χ2n) is 4.45. The molecule has 0 heterocycles. The minimum atomic E-state index is -0.103. The third kappa shape index (κ3) is 5.01. The summed E-state index contributed by atoms with van der Waals surface area (Å²) in [4.78, 5) is 12.2. The first-order chi connectivity index (χ1) is 9.58. The number of rotatable bonds is 6. The molecule has 20 heavy (non-hydrogen) atoms. The van der Waals surface area contributed by atoms with E-state index in [0.29, 0.717) is 22.9 Å². The highest BCUT2D eigenvalue weighted by Crippen LogP contribution is 2.15. The largest absolute Gasteiger partial charge is 0.359 e. The minimum Gasteiger partial charge on any atom is -0.359 e. The second kappa shape index (κ2) is 8.32. The van der Waals surface area contributed by atoms with Crippen molar-refractivity contribution >= 4 is 28.9 Å². The fourth-order valence-electron chi connectivity index (χ4n) is 1.53. The molecule has 0 radical (unpaired) electrons. The van der Waals surface area contributed by atoms with E-state index in [-0.39, 0.29) is 11.9 Å². The van der Waals surface area contributed by atoms with E-state index in [9.17, 15) is 4.79 Å². The van der Waals surface area contributed by atoms with Gasteiger partial charge in [-0.25, -0.2) is 0 Å². The zero-order valence-corrected chi connectivity index (χ0v) is 12.7. The van der Waals surface area contributed by atoms with Gasteiger partial charge >= 0.3 is 0 Å². The van der Waals surface area contributed by atoms with Crippen LogP contribution in [-0.2, 0) is 0 Å². The molecule has 0 saturated carbocycles. The van der Waals surface area contributed by atoms with Crippen molar-refractivity contribution in [3.63, 3.8) is 0 Å². The second-order valence-corrected chi connectivity index (χ2v) is 4.86. The van der Waals surface area contributed by atoms with Crippen molar-refractivity contribution in [2.24, 2.45) is 0 Å². The van der Waals surface area contributed by atoms with Crippen LogP contribution in [0.2, 0.25) is 0 Å². The van der Waals surface area contributed by atoms with Crippen LogP contribution in [0.4, 0.5) is 5.69 Å². The van der Waals surface area contributed by atoms with Crippen LogP contribution in [0.1, 0.15) is 30.6 Å². The third-order valence-electron chi connectivity index (χ3n) is 2.82. The number of hydrogen-bond acceptors (Lipinski definition) is 2. The average Bonchev–Trinajstić information content (AvgIpc) is 2.45. The highest BCUT2D eigenvalue weighted by Gasteiger charge is 2.13. The molecule has 1 unspecified atom stereocenters. The summed E-state index contributed by atoms with van der Waals surface area (Å²) in [7, 11) is 0. The fourth-order valence-corrected chi connectivity index (χ4v) is 1.72. The SMILES string of the molecule is C=CCNC(=S)Nc1ccccc1C(=O)NC(C)CC. The third-order valence-corrected chi connectivity index (χ3v) is 3.06.